The molecule has 0 aliphatic carbocycles. The minimum absolute atomic E-state index is 0.120. The Balaban J connectivity index is 2.31. The van der Waals surface area contributed by atoms with Gasteiger partial charge in [0, 0.05) is 6.42 Å². The number of methoxy groups -OCH3 is 1. The van der Waals surface area contributed by atoms with Crippen LogP contribution in [0.3, 0.4) is 0 Å². The second kappa shape index (κ2) is 10.1. The zero-order valence-electron chi connectivity index (χ0n) is 18.0. The van der Waals surface area contributed by atoms with Crippen LogP contribution in [0.2, 0.25) is 0 Å². The van der Waals surface area contributed by atoms with Gasteiger partial charge in [-0.25, -0.2) is 4.79 Å². The molecule has 162 valence electrons. The van der Waals surface area contributed by atoms with E-state index in [0.29, 0.717) is 0 Å². The lowest BCUT2D eigenvalue weighted by Gasteiger charge is -2.29. The second-order valence-corrected chi connectivity index (χ2v) is 8.03. The van der Waals surface area contributed by atoms with Crippen LogP contribution >= 0.6 is 0 Å². The van der Waals surface area contributed by atoms with Gasteiger partial charge in [-0.3, -0.25) is 4.79 Å². The van der Waals surface area contributed by atoms with Crippen molar-refractivity contribution >= 4 is 12.1 Å². The van der Waals surface area contributed by atoms with Gasteiger partial charge in [-0.1, -0.05) is 42.0 Å². The number of hydrogen-bond donors (Lipinski definition) is 1. The zero-order valence-corrected chi connectivity index (χ0v) is 18.0. The van der Waals surface area contributed by atoms with Crippen LogP contribution < -0.4 is 0 Å². The molecular formula is C23H29NO6. The highest BCUT2D eigenvalue weighted by Gasteiger charge is 2.32. The van der Waals surface area contributed by atoms with Crippen molar-refractivity contribution < 1.29 is 29.0 Å². The molecule has 0 saturated carbocycles. The standard InChI is InChI=1S/C23H29NO6/c1-16-6-8-18(9-7-16)15-24(30-22(27)29-23(2,3)4)20(21(26)28-5)14-17-10-12-19(25)13-11-17/h6-13,20,25H,14-15H2,1-5H3/t20-/m0/s1. The Labute approximate surface area is 177 Å². The molecule has 0 aliphatic rings. The number of phenols is 1. The van der Waals surface area contributed by atoms with Gasteiger partial charge in [0.2, 0.25) is 0 Å². The number of nitrogens with zero attached hydrogens (tertiary/aromatic N) is 1. The topological polar surface area (TPSA) is 85.3 Å². The maximum atomic E-state index is 12.6. The number of benzene rings is 2. The first-order valence-corrected chi connectivity index (χ1v) is 9.66. The maximum absolute atomic E-state index is 12.6. The van der Waals surface area contributed by atoms with Gasteiger partial charge in [-0.2, -0.15) is 0 Å². The number of ether oxygens (including phenoxy) is 2. The first kappa shape index (κ1) is 23.2. The van der Waals surface area contributed by atoms with E-state index in [9.17, 15) is 14.7 Å². The number of phenolic OH excluding ortho intramolecular Hbond substituents is 1. The molecule has 0 aliphatic heterocycles. The average molecular weight is 415 g/mol. The zero-order chi connectivity index (χ0) is 22.3. The molecule has 30 heavy (non-hydrogen) atoms. The second-order valence-electron chi connectivity index (χ2n) is 8.03. The van der Waals surface area contributed by atoms with Gasteiger partial charge >= 0.3 is 12.1 Å². The van der Waals surface area contributed by atoms with Gasteiger partial charge in [-0.15, -0.1) is 5.06 Å². The quantitative estimate of drug-likeness (QED) is 0.537. The van der Waals surface area contributed by atoms with Gasteiger partial charge in [0.15, 0.2) is 0 Å². The third-order valence-electron chi connectivity index (χ3n) is 4.23. The van der Waals surface area contributed by atoms with Crippen molar-refractivity contribution in [2.75, 3.05) is 7.11 Å². The van der Waals surface area contributed by atoms with Crippen LogP contribution in [-0.2, 0) is 32.1 Å². The van der Waals surface area contributed by atoms with Crippen molar-refractivity contribution in [3.63, 3.8) is 0 Å². The van der Waals surface area contributed by atoms with Crippen LogP contribution in [0.4, 0.5) is 4.79 Å². The molecular weight excluding hydrogens is 386 g/mol. The molecule has 1 N–H and O–H groups in total. The summed E-state index contributed by atoms with van der Waals surface area (Å²) in [4.78, 5) is 30.4. The largest absolute Gasteiger partial charge is 0.528 e. The highest BCUT2D eigenvalue weighted by atomic mass is 16.8. The fourth-order valence-electron chi connectivity index (χ4n) is 2.74. The van der Waals surface area contributed by atoms with E-state index in [2.05, 4.69) is 0 Å². The molecule has 7 heteroatoms. The van der Waals surface area contributed by atoms with Crippen molar-refractivity contribution in [2.24, 2.45) is 0 Å². The Morgan fingerprint density at radius 3 is 2.10 bits per heavy atom. The number of carbonyl (C=O) groups excluding carboxylic acids is 2. The normalized spacial score (nSPS) is 12.3. The minimum atomic E-state index is -0.909. The Bertz CT molecular complexity index is 839. The molecule has 2 aromatic carbocycles. The molecule has 2 aromatic rings. The molecule has 0 saturated heterocycles. The van der Waals surface area contributed by atoms with E-state index in [4.69, 9.17) is 14.3 Å². The predicted octanol–water partition coefficient (Wildman–Crippen LogP) is 4.15. The number of aromatic hydroxyl groups is 1. The number of carbonyl (C=O) groups is 2. The molecule has 0 heterocycles. The lowest BCUT2D eigenvalue weighted by molar-refractivity contribution is -0.190. The SMILES string of the molecule is COC(=O)[C@H](Cc1ccc(O)cc1)N(Cc1ccc(C)cc1)OC(=O)OC(C)(C)C. The van der Waals surface area contributed by atoms with Crippen molar-refractivity contribution in [1.82, 2.24) is 5.06 Å². The van der Waals surface area contributed by atoms with Gasteiger partial charge in [0.1, 0.15) is 17.4 Å². The predicted molar refractivity (Wildman–Crippen MR) is 112 cm³/mol. The molecule has 0 fully saturated rings. The molecule has 0 bridgehead atoms. The Morgan fingerprint density at radius 1 is 1.00 bits per heavy atom. The summed E-state index contributed by atoms with van der Waals surface area (Å²) in [7, 11) is 1.28. The number of hydroxylamine groups is 2. The lowest BCUT2D eigenvalue weighted by Crippen LogP contribution is -2.45. The van der Waals surface area contributed by atoms with Gasteiger partial charge in [0.25, 0.3) is 0 Å². The van der Waals surface area contributed by atoms with Crippen molar-refractivity contribution in [1.29, 1.82) is 0 Å². The summed E-state index contributed by atoms with van der Waals surface area (Å²) in [6.45, 7) is 7.32. The van der Waals surface area contributed by atoms with E-state index in [0.717, 1.165) is 16.7 Å². The summed E-state index contributed by atoms with van der Waals surface area (Å²) >= 11 is 0. The van der Waals surface area contributed by atoms with Crippen LogP contribution in [-0.4, -0.2) is 41.0 Å². The van der Waals surface area contributed by atoms with E-state index in [-0.39, 0.29) is 18.7 Å². The molecule has 0 radical (unpaired) electrons. The Morgan fingerprint density at radius 2 is 1.57 bits per heavy atom. The first-order valence-electron chi connectivity index (χ1n) is 9.66. The smallest absolute Gasteiger partial charge is 0.508 e. The summed E-state index contributed by atoms with van der Waals surface area (Å²) in [5.41, 5.74) is 1.96. The number of rotatable bonds is 7. The number of hydrogen-bond acceptors (Lipinski definition) is 7. The molecule has 0 unspecified atom stereocenters. The van der Waals surface area contributed by atoms with E-state index in [1.54, 1.807) is 32.9 Å². The Hall–Kier alpha value is -3.06. The fourth-order valence-corrected chi connectivity index (χ4v) is 2.74. The van der Waals surface area contributed by atoms with Gasteiger partial charge < -0.3 is 19.4 Å². The highest BCUT2D eigenvalue weighted by molar-refractivity contribution is 5.76. The molecule has 1 atom stereocenters. The lowest BCUT2D eigenvalue weighted by atomic mass is 10.0. The summed E-state index contributed by atoms with van der Waals surface area (Å²) in [6.07, 6.45) is -0.698. The monoisotopic (exact) mass is 415 g/mol. The molecule has 2 rings (SSSR count). The van der Waals surface area contributed by atoms with E-state index in [1.807, 2.05) is 31.2 Å². The van der Waals surface area contributed by atoms with Crippen molar-refractivity contribution in [3.8, 4) is 5.75 Å². The van der Waals surface area contributed by atoms with E-state index >= 15 is 0 Å². The van der Waals surface area contributed by atoms with Crippen molar-refractivity contribution in [2.45, 2.75) is 52.3 Å². The summed E-state index contributed by atoms with van der Waals surface area (Å²) < 4.78 is 10.2. The minimum Gasteiger partial charge on any atom is -0.508 e. The average Bonchev–Trinajstić information content (AvgIpc) is 2.66. The third-order valence-corrected chi connectivity index (χ3v) is 4.23. The molecule has 0 spiro atoms. The summed E-state index contributed by atoms with van der Waals surface area (Å²) in [6, 6.07) is 13.2. The first-order chi connectivity index (χ1) is 14.1. The van der Waals surface area contributed by atoms with Crippen molar-refractivity contribution in [3.05, 3.63) is 65.2 Å². The van der Waals surface area contributed by atoms with Crippen LogP contribution in [0.1, 0.15) is 37.5 Å². The number of esters is 1. The van der Waals surface area contributed by atoms with Crippen LogP contribution in [0.15, 0.2) is 48.5 Å². The number of aryl methyl sites for hydroxylation is 1. The molecule has 0 aromatic heterocycles. The molecule has 7 nitrogen and oxygen atoms in total. The van der Waals surface area contributed by atoms with Crippen LogP contribution in [0, 0.1) is 6.92 Å². The van der Waals surface area contributed by atoms with E-state index < -0.39 is 23.8 Å². The highest BCUT2D eigenvalue weighted by Crippen LogP contribution is 2.19. The molecule has 0 amide bonds. The van der Waals surface area contributed by atoms with Gasteiger partial charge in [0.05, 0.1) is 13.7 Å². The summed E-state index contributed by atoms with van der Waals surface area (Å²) in [5.74, 6) is -0.436. The van der Waals surface area contributed by atoms with Crippen LogP contribution in [0.5, 0.6) is 5.75 Å². The van der Waals surface area contributed by atoms with E-state index in [1.165, 1.54) is 24.3 Å². The Kier molecular flexibility index (Phi) is 7.83. The fraction of sp³-hybridized carbons (Fsp3) is 0.391. The maximum Gasteiger partial charge on any atom is 0.528 e. The summed E-state index contributed by atoms with van der Waals surface area (Å²) in [5, 5.41) is 10.8. The third kappa shape index (κ3) is 7.40. The van der Waals surface area contributed by atoms with Crippen LogP contribution in [0.25, 0.3) is 0 Å². The van der Waals surface area contributed by atoms with Gasteiger partial charge in [-0.05, 0) is 51.0 Å².